The summed E-state index contributed by atoms with van der Waals surface area (Å²) in [5.74, 6) is -0.446. The molecule has 1 N–H and O–H groups in total. The van der Waals surface area contributed by atoms with Gasteiger partial charge in [0.1, 0.15) is 5.02 Å². The fourth-order valence-corrected chi connectivity index (χ4v) is 3.63. The van der Waals surface area contributed by atoms with E-state index in [1.165, 1.54) is 48.8 Å². The molecule has 1 aromatic heterocycles. The standard InChI is InChI=1S/C16H17ClN4O3S/c17-13-5-4-11(8-14(13)21(23)24)15(22)19-16-18-12(10-25-16)9-20-6-2-1-3-7-20/h4-5,8,10H,1-3,6-7,9H2,(H,18,19,22). The molecule has 1 fully saturated rings. The number of amides is 1. The first-order valence-corrected chi connectivity index (χ1v) is 9.21. The van der Waals surface area contributed by atoms with Gasteiger partial charge in [0.2, 0.25) is 0 Å². The third-order valence-corrected chi connectivity index (χ3v) is 5.14. The highest BCUT2D eigenvalue weighted by Crippen LogP contribution is 2.26. The first-order chi connectivity index (χ1) is 12.0. The van der Waals surface area contributed by atoms with Gasteiger partial charge in [0.05, 0.1) is 10.6 Å². The van der Waals surface area contributed by atoms with E-state index in [0.717, 1.165) is 25.3 Å². The maximum absolute atomic E-state index is 12.3. The third kappa shape index (κ3) is 4.53. The Hall–Kier alpha value is -2.03. The van der Waals surface area contributed by atoms with E-state index in [1.807, 2.05) is 5.38 Å². The van der Waals surface area contributed by atoms with E-state index in [4.69, 9.17) is 11.6 Å². The predicted octanol–water partition coefficient (Wildman–Crippen LogP) is 3.94. The molecule has 3 rings (SSSR count). The average molecular weight is 381 g/mol. The SMILES string of the molecule is O=C(Nc1nc(CN2CCCCC2)cs1)c1ccc(Cl)c([N+](=O)[O-])c1. The van der Waals surface area contributed by atoms with E-state index in [2.05, 4.69) is 15.2 Å². The lowest BCUT2D eigenvalue weighted by Crippen LogP contribution is -2.29. The molecule has 0 radical (unpaired) electrons. The van der Waals surface area contributed by atoms with Crippen molar-refractivity contribution in [3.63, 3.8) is 0 Å². The average Bonchev–Trinajstić information content (AvgIpc) is 3.02. The zero-order valence-electron chi connectivity index (χ0n) is 13.4. The van der Waals surface area contributed by atoms with Gasteiger partial charge in [-0.25, -0.2) is 4.98 Å². The molecule has 0 bridgehead atoms. The number of piperidine rings is 1. The predicted molar refractivity (Wildman–Crippen MR) is 97.3 cm³/mol. The number of nitrogens with zero attached hydrogens (tertiary/aromatic N) is 3. The van der Waals surface area contributed by atoms with Crippen molar-refractivity contribution >= 4 is 39.7 Å². The molecule has 9 heteroatoms. The summed E-state index contributed by atoms with van der Waals surface area (Å²) in [7, 11) is 0. The van der Waals surface area contributed by atoms with Crippen LogP contribution in [0.15, 0.2) is 23.6 Å². The summed E-state index contributed by atoms with van der Waals surface area (Å²) in [5.41, 5.74) is 0.799. The van der Waals surface area contributed by atoms with Gasteiger partial charge in [-0.3, -0.25) is 25.1 Å². The fourth-order valence-electron chi connectivity index (χ4n) is 2.75. The van der Waals surface area contributed by atoms with Gasteiger partial charge < -0.3 is 0 Å². The lowest BCUT2D eigenvalue weighted by Gasteiger charge is -2.25. The third-order valence-electron chi connectivity index (χ3n) is 4.01. The van der Waals surface area contributed by atoms with Crippen molar-refractivity contribution in [2.45, 2.75) is 25.8 Å². The number of benzene rings is 1. The second kappa shape index (κ2) is 7.90. The van der Waals surface area contributed by atoms with Crippen LogP contribution in [-0.2, 0) is 6.54 Å². The van der Waals surface area contributed by atoms with Crippen LogP contribution >= 0.6 is 22.9 Å². The summed E-state index contributed by atoms with van der Waals surface area (Å²) in [6.07, 6.45) is 3.70. The van der Waals surface area contributed by atoms with Crippen LogP contribution in [0.25, 0.3) is 0 Å². The van der Waals surface area contributed by atoms with Gasteiger partial charge in [-0.1, -0.05) is 18.0 Å². The summed E-state index contributed by atoms with van der Waals surface area (Å²) in [6, 6.07) is 3.96. The largest absolute Gasteiger partial charge is 0.298 e. The van der Waals surface area contributed by atoms with Gasteiger partial charge in [0.25, 0.3) is 11.6 Å². The number of carbonyl (C=O) groups is 1. The van der Waals surface area contributed by atoms with E-state index in [1.54, 1.807) is 0 Å². The number of aromatic nitrogens is 1. The summed E-state index contributed by atoms with van der Waals surface area (Å²) in [6.45, 7) is 2.93. The number of nitrogens with one attached hydrogen (secondary N) is 1. The zero-order chi connectivity index (χ0) is 17.8. The molecule has 1 amide bonds. The number of rotatable bonds is 5. The van der Waals surface area contributed by atoms with E-state index in [9.17, 15) is 14.9 Å². The van der Waals surface area contributed by atoms with Crippen molar-refractivity contribution in [1.82, 2.24) is 9.88 Å². The molecule has 0 unspecified atom stereocenters. The molecule has 132 valence electrons. The van der Waals surface area contributed by atoms with Crippen LogP contribution in [0.1, 0.15) is 35.3 Å². The van der Waals surface area contributed by atoms with Crippen molar-refractivity contribution < 1.29 is 9.72 Å². The maximum atomic E-state index is 12.3. The molecule has 2 aromatic rings. The summed E-state index contributed by atoms with van der Waals surface area (Å²) < 4.78 is 0. The molecular weight excluding hydrogens is 364 g/mol. The molecule has 1 aromatic carbocycles. The van der Waals surface area contributed by atoms with E-state index < -0.39 is 10.8 Å². The Morgan fingerprint density at radius 1 is 1.36 bits per heavy atom. The minimum absolute atomic E-state index is 0.000355. The molecule has 2 heterocycles. The van der Waals surface area contributed by atoms with Crippen LogP contribution < -0.4 is 5.32 Å². The van der Waals surface area contributed by atoms with Gasteiger partial charge in [-0.15, -0.1) is 11.3 Å². The van der Waals surface area contributed by atoms with E-state index >= 15 is 0 Å². The van der Waals surface area contributed by atoms with Crippen LogP contribution in [0.2, 0.25) is 5.02 Å². The lowest BCUT2D eigenvalue weighted by atomic mass is 10.1. The Kier molecular flexibility index (Phi) is 5.62. The van der Waals surface area contributed by atoms with Gasteiger partial charge >= 0.3 is 0 Å². The number of nitro groups is 1. The second-order valence-corrected chi connectivity index (χ2v) is 7.12. The highest BCUT2D eigenvalue weighted by molar-refractivity contribution is 7.14. The van der Waals surface area contributed by atoms with Gasteiger partial charge in [0, 0.05) is 23.6 Å². The highest BCUT2D eigenvalue weighted by atomic mass is 35.5. The fraction of sp³-hybridized carbons (Fsp3) is 0.375. The van der Waals surface area contributed by atoms with Crippen LogP contribution in [0.5, 0.6) is 0 Å². The number of carbonyl (C=O) groups excluding carboxylic acids is 1. The molecule has 0 atom stereocenters. The van der Waals surface area contributed by atoms with Crippen molar-refractivity contribution in [1.29, 1.82) is 0 Å². The molecule has 0 saturated carbocycles. The van der Waals surface area contributed by atoms with Crippen molar-refractivity contribution in [3.8, 4) is 0 Å². The zero-order valence-corrected chi connectivity index (χ0v) is 15.0. The normalized spacial score (nSPS) is 15.1. The number of halogens is 1. The number of hydrogen-bond acceptors (Lipinski definition) is 6. The Bertz CT molecular complexity index is 789. The Balaban J connectivity index is 1.65. The molecular formula is C16H17ClN4O3S. The number of thiazole rings is 1. The van der Waals surface area contributed by atoms with E-state index in [0.29, 0.717) is 5.13 Å². The Morgan fingerprint density at radius 3 is 2.84 bits per heavy atom. The lowest BCUT2D eigenvalue weighted by molar-refractivity contribution is -0.384. The van der Waals surface area contributed by atoms with Crippen LogP contribution in [0.3, 0.4) is 0 Å². The number of hydrogen-bond donors (Lipinski definition) is 1. The first-order valence-electron chi connectivity index (χ1n) is 7.95. The monoisotopic (exact) mass is 380 g/mol. The van der Waals surface area contributed by atoms with Crippen LogP contribution in [-0.4, -0.2) is 33.8 Å². The minimum Gasteiger partial charge on any atom is -0.298 e. The number of likely N-dealkylation sites (tertiary alicyclic amines) is 1. The van der Waals surface area contributed by atoms with Crippen LogP contribution in [0.4, 0.5) is 10.8 Å². The van der Waals surface area contributed by atoms with E-state index in [-0.39, 0.29) is 16.3 Å². The van der Waals surface area contributed by atoms with Crippen molar-refractivity contribution in [3.05, 3.63) is 50.0 Å². The molecule has 0 aliphatic carbocycles. The number of nitro benzene ring substituents is 1. The molecule has 7 nitrogen and oxygen atoms in total. The molecule has 0 spiro atoms. The van der Waals surface area contributed by atoms with Crippen molar-refractivity contribution in [2.24, 2.45) is 0 Å². The molecule has 1 aliphatic heterocycles. The van der Waals surface area contributed by atoms with Gasteiger partial charge in [-0.05, 0) is 38.1 Å². The van der Waals surface area contributed by atoms with Gasteiger partial charge in [-0.2, -0.15) is 0 Å². The summed E-state index contributed by atoms with van der Waals surface area (Å²) >= 11 is 7.11. The Morgan fingerprint density at radius 2 is 2.12 bits per heavy atom. The molecule has 1 aliphatic rings. The molecule has 1 saturated heterocycles. The smallest absolute Gasteiger partial charge is 0.288 e. The molecule has 25 heavy (non-hydrogen) atoms. The van der Waals surface area contributed by atoms with Gasteiger partial charge in [0.15, 0.2) is 5.13 Å². The first kappa shape index (κ1) is 17.8. The van der Waals surface area contributed by atoms with Crippen molar-refractivity contribution in [2.75, 3.05) is 18.4 Å². The minimum atomic E-state index is -0.612. The van der Waals surface area contributed by atoms with Crippen LogP contribution in [0, 0.1) is 10.1 Å². The maximum Gasteiger partial charge on any atom is 0.288 e. The highest BCUT2D eigenvalue weighted by Gasteiger charge is 2.18. The topological polar surface area (TPSA) is 88.4 Å². The second-order valence-electron chi connectivity index (χ2n) is 5.86. The quantitative estimate of drug-likeness (QED) is 0.626. The summed E-state index contributed by atoms with van der Waals surface area (Å²) in [5, 5.41) is 16.0. The number of anilines is 1. The summed E-state index contributed by atoms with van der Waals surface area (Å²) in [4.78, 5) is 29.4. The Labute approximate surface area is 153 Å².